The zero-order valence-electron chi connectivity index (χ0n) is 27.2. The second-order valence-electron chi connectivity index (χ2n) is 13.2. The van der Waals surface area contributed by atoms with E-state index in [2.05, 4.69) is 15.5 Å². The molecule has 3 saturated heterocycles. The zero-order valence-corrected chi connectivity index (χ0v) is 27.2. The van der Waals surface area contributed by atoms with Gasteiger partial charge in [-0.15, -0.1) is 0 Å². The second kappa shape index (κ2) is 14.3. The Morgan fingerprint density at radius 1 is 0.891 bits per heavy atom. The number of anilines is 1. The molecule has 11 heteroatoms. The number of carbonyl (C=O) groups is 3. The molecule has 1 atom stereocenters. The number of ether oxygens (including phenoxy) is 1. The van der Waals surface area contributed by atoms with Gasteiger partial charge in [0.1, 0.15) is 5.75 Å². The first-order valence-electron chi connectivity index (χ1n) is 16.9. The average Bonchev–Trinajstić information content (AvgIpc) is 3.25. The topological polar surface area (TPSA) is 118 Å². The first kappa shape index (κ1) is 32.1. The molecule has 0 aliphatic carbocycles. The van der Waals surface area contributed by atoms with Gasteiger partial charge in [0.15, 0.2) is 6.10 Å². The monoisotopic (exact) mass is 632 g/mol. The summed E-state index contributed by atoms with van der Waals surface area (Å²) in [5, 5.41) is 16.8. The number of likely N-dealkylation sites (tertiary alicyclic amines) is 2. The van der Waals surface area contributed by atoms with Crippen molar-refractivity contribution >= 4 is 23.7 Å². The van der Waals surface area contributed by atoms with E-state index in [1.54, 1.807) is 4.90 Å². The molecule has 4 amide bonds. The summed E-state index contributed by atoms with van der Waals surface area (Å²) in [5.74, 6) is 0.0784. The van der Waals surface area contributed by atoms with Crippen LogP contribution in [0.5, 0.6) is 5.75 Å². The molecule has 3 N–H and O–H groups in total. The number of phenolic OH excluding ortho intramolecular Hbond substituents is 1. The zero-order chi connectivity index (χ0) is 32.2. The summed E-state index contributed by atoms with van der Waals surface area (Å²) >= 11 is 0. The SMILES string of the molecule is Cc1cc(CC(OC(=O)N2CCC(N3CCc4ccccc4NC3=O)CC2)C(=O)N2CCC(N3CCNCC3)CC2)cc(C)c1O. The van der Waals surface area contributed by atoms with Gasteiger partial charge in [-0.05, 0) is 74.3 Å². The number of urea groups is 1. The van der Waals surface area contributed by atoms with E-state index in [-0.39, 0.29) is 30.2 Å². The molecular weight excluding hydrogens is 584 g/mol. The van der Waals surface area contributed by atoms with Gasteiger partial charge in [-0.25, -0.2) is 9.59 Å². The fraction of sp³-hybridized carbons (Fsp3) is 0.571. The lowest BCUT2D eigenvalue weighted by molar-refractivity contribution is -0.142. The molecule has 2 aromatic carbocycles. The van der Waals surface area contributed by atoms with Crippen LogP contribution in [0.4, 0.5) is 15.3 Å². The van der Waals surface area contributed by atoms with E-state index in [9.17, 15) is 19.5 Å². The van der Waals surface area contributed by atoms with Crippen molar-refractivity contribution in [1.29, 1.82) is 0 Å². The van der Waals surface area contributed by atoms with E-state index in [1.807, 2.05) is 60.0 Å². The quantitative estimate of drug-likeness (QED) is 0.446. The van der Waals surface area contributed by atoms with Crippen LogP contribution >= 0.6 is 0 Å². The van der Waals surface area contributed by atoms with Crippen molar-refractivity contribution in [3.05, 3.63) is 58.7 Å². The number of amides is 4. The van der Waals surface area contributed by atoms with Crippen LogP contribution in [0.15, 0.2) is 36.4 Å². The van der Waals surface area contributed by atoms with E-state index in [1.165, 1.54) is 0 Å². The highest BCUT2D eigenvalue weighted by atomic mass is 16.6. The molecule has 6 rings (SSSR count). The van der Waals surface area contributed by atoms with Crippen molar-refractivity contribution in [3.63, 3.8) is 0 Å². The van der Waals surface area contributed by atoms with Crippen LogP contribution in [0.2, 0.25) is 0 Å². The molecule has 0 saturated carbocycles. The second-order valence-corrected chi connectivity index (χ2v) is 13.2. The van der Waals surface area contributed by atoms with Crippen LogP contribution in [0.1, 0.15) is 47.9 Å². The fourth-order valence-corrected chi connectivity index (χ4v) is 7.55. The molecule has 0 radical (unpaired) electrons. The fourth-order valence-electron chi connectivity index (χ4n) is 7.55. The number of piperidine rings is 2. The lowest BCUT2D eigenvalue weighted by Gasteiger charge is -2.41. The van der Waals surface area contributed by atoms with E-state index in [0.29, 0.717) is 51.6 Å². The molecule has 1 unspecified atom stereocenters. The van der Waals surface area contributed by atoms with Crippen LogP contribution in [0.3, 0.4) is 0 Å². The number of phenols is 1. The Hall–Kier alpha value is -3.83. The van der Waals surface area contributed by atoms with E-state index < -0.39 is 12.2 Å². The number of nitrogens with one attached hydrogen (secondary N) is 2. The maximum absolute atomic E-state index is 14.0. The number of piperazine rings is 1. The molecule has 0 spiro atoms. The summed E-state index contributed by atoms with van der Waals surface area (Å²) in [7, 11) is 0. The normalized spacial score (nSPS) is 20.9. The van der Waals surface area contributed by atoms with Crippen molar-refractivity contribution in [2.24, 2.45) is 0 Å². The molecule has 2 aromatic rings. The summed E-state index contributed by atoms with van der Waals surface area (Å²) in [5.41, 5.74) is 4.29. The number of para-hydroxylation sites is 1. The van der Waals surface area contributed by atoms with Crippen molar-refractivity contribution in [1.82, 2.24) is 24.9 Å². The van der Waals surface area contributed by atoms with Gasteiger partial charge in [0.2, 0.25) is 0 Å². The van der Waals surface area contributed by atoms with Crippen LogP contribution < -0.4 is 10.6 Å². The minimum Gasteiger partial charge on any atom is -0.507 e. The van der Waals surface area contributed by atoms with Crippen molar-refractivity contribution in [2.45, 2.75) is 70.6 Å². The van der Waals surface area contributed by atoms with Crippen LogP contribution in [0.25, 0.3) is 0 Å². The molecule has 0 bridgehead atoms. The highest BCUT2D eigenvalue weighted by Gasteiger charge is 2.36. The molecule has 248 valence electrons. The standard InChI is InChI=1S/C35H48N6O5/c1-24-21-26(22-25(2)32(24)42)23-31(33(43)39-14-8-28(9-15-39)38-19-12-36-13-20-38)46-35(45)40-16-10-29(11-17-40)41-18-7-27-5-3-4-6-30(27)37-34(41)44/h3-6,21-22,28-29,31,36,42H,7-20,23H2,1-2H3,(H,37,44). The van der Waals surface area contributed by atoms with Crippen molar-refractivity contribution < 1.29 is 24.2 Å². The van der Waals surface area contributed by atoms with Gasteiger partial charge >= 0.3 is 12.1 Å². The number of fused-ring (bicyclic) bond motifs is 1. The Kier molecular flexibility index (Phi) is 9.98. The van der Waals surface area contributed by atoms with Gasteiger partial charge in [-0.3, -0.25) is 9.69 Å². The maximum atomic E-state index is 14.0. The average molecular weight is 633 g/mol. The number of benzene rings is 2. The summed E-state index contributed by atoms with van der Waals surface area (Å²) < 4.78 is 6.05. The van der Waals surface area contributed by atoms with Gasteiger partial charge in [-0.2, -0.15) is 0 Å². The van der Waals surface area contributed by atoms with Crippen LogP contribution in [-0.4, -0.2) is 120 Å². The van der Waals surface area contributed by atoms with E-state index in [4.69, 9.17) is 4.74 Å². The maximum Gasteiger partial charge on any atom is 0.410 e. The molecular formula is C35H48N6O5. The van der Waals surface area contributed by atoms with E-state index in [0.717, 1.165) is 73.4 Å². The largest absolute Gasteiger partial charge is 0.507 e. The first-order chi connectivity index (χ1) is 22.3. The Labute approximate surface area is 271 Å². The third-order valence-corrected chi connectivity index (χ3v) is 10.2. The van der Waals surface area contributed by atoms with Crippen LogP contribution in [-0.2, 0) is 22.4 Å². The van der Waals surface area contributed by atoms with Gasteiger partial charge in [0.05, 0.1) is 0 Å². The highest BCUT2D eigenvalue weighted by Crippen LogP contribution is 2.27. The summed E-state index contributed by atoms with van der Waals surface area (Å²) in [6.45, 7) is 10.6. The van der Waals surface area contributed by atoms with Gasteiger partial charge in [0.25, 0.3) is 5.91 Å². The smallest absolute Gasteiger partial charge is 0.410 e. The molecule has 11 nitrogen and oxygen atoms in total. The Balaban J connectivity index is 1.09. The van der Waals surface area contributed by atoms with Gasteiger partial charge in [-0.1, -0.05) is 30.3 Å². The molecule has 4 heterocycles. The number of aryl methyl sites for hydroxylation is 2. The lowest BCUT2D eigenvalue weighted by atomic mass is 9.98. The van der Waals surface area contributed by atoms with Gasteiger partial charge < -0.3 is 35.2 Å². The summed E-state index contributed by atoms with van der Waals surface area (Å²) in [6.07, 6.45) is 2.69. The molecule has 4 aliphatic rings. The number of nitrogens with zero attached hydrogens (tertiary/aromatic N) is 4. The third-order valence-electron chi connectivity index (χ3n) is 10.2. The minimum atomic E-state index is -0.959. The predicted molar refractivity (Wildman–Crippen MR) is 176 cm³/mol. The summed E-state index contributed by atoms with van der Waals surface area (Å²) in [6, 6.07) is 12.0. The third kappa shape index (κ3) is 7.25. The number of carbonyl (C=O) groups excluding carboxylic acids is 3. The Bertz CT molecular complexity index is 1390. The molecule has 46 heavy (non-hydrogen) atoms. The van der Waals surface area contributed by atoms with Crippen LogP contribution in [0, 0.1) is 13.8 Å². The Morgan fingerprint density at radius 3 is 2.22 bits per heavy atom. The van der Waals surface area contributed by atoms with E-state index >= 15 is 0 Å². The van der Waals surface area contributed by atoms with Gasteiger partial charge in [0, 0.05) is 83.1 Å². The van der Waals surface area contributed by atoms with Crippen molar-refractivity contribution in [3.8, 4) is 5.75 Å². The first-order valence-corrected chi connectivity index (χ1v) is 16.9. The molecule has 0 aromatic heterocycles. The number of hydrogen-bond donors (Lipinski definition) is 3. The highest BCUT2D eigenvalue weighted by molar-refractivity contribution is 5.91. The number of hydrogen-bond acceptors (Lipinski definition) is 7. The lowest BCUT2D eigenvalue weighted by Crippen LogP contribution is -2.54. The van der Waals surface area contributed by atoms with Crippen molar-refractivity contribution in [2.75, 3.05) is 64.2 Å². The number of aromatic hydroxyl groups is 1. The predicted octanol–water partition coefficient (Wildman–Crippen LogP) is 3.51. The molecule has 3 fully saturated rings. The Morgan fingerprint density at radius 2 is 1.52 bits per heavy atom. The number of rotatable bonds is 6. The molecule has 4 aliphatic heterocycles. The minimum absolute atomic E-state index is 0.0238. The summed E-state index contributed by atoms with van der Waals surface area (Å²) in [4.78, 5) is 48.6.